The number of methoxy groups -OCH3 is 1. The Kier molecular flexibility index (Phi) is 5.14. The van der Waals surface area contributed by atoms with Gasteiger partial charge in [-0.25, -0.2) is 9.59 Å². The summed E-state index contributed by atoms with van der Waals surface area (Å²) in [5.74, 6) is -0.575. The number of carbonyl (C=O) groups excluding carboxylic acids is 3. The highest BCUT2D eigenvalue weighted by molar-refractivity contribution is 5.88. The summed E-state index contributed by atoms with van der Waals surface area (Å²) in [5.41, 5.74) is -0.376. The van der Waals surface area contributed by atoms with E-state index >= 15 is 0 Å². The van der Waals surface area contributed by atoms with Crippen LogP contribution in [-0.4, -0.2) is 42.4 Å². The summed E-state index contributed by atoms with van der Waals surface area (Å²) in [6, 6.07) is 9.26. The highest BCUT2D eigenvalue weighted by Gasteiger charge is 2.51. The van der Waals surface area contributed by atoms with Crippen LogP contribution in [0.5, 0.6) is 0 Å². The van der Waals surface area contributed by atoms with Crippen molar-refractivity contribution in [1.82, 2.24) is 4.90 Å². The predicted octanol–water partition coefficient (Wildman–Crippen LogP) is 1.92. The first-order valence-corrected chi connectivity index (χ1v) is 7.14. The maximum absolute atomic E-state index is 12.3. The van der Waals surface area contributed by atoms with Crippen LogP contribution in [-0.2, 0) is 25.7 Å². The molecule has 0 spiro atoms. The summed E-state index contributed by atoms with van der Waals surface area (Å²) < 4.78 is 10.1. The van der Waals surface area contributed by atoms with Crippen molar-refractivity contribution in [2.24, 2.45) is 0 Å². The van der Waals surface area contributed by atoms with Gasteiger partial charge in [-0.3, -0.25) is 4.90 Å². The number of ether oxygens (including phenoxy) is 2. The Morgan fingerprint density at radius 2 is 2.05 bits per heavy atom. The number of hydrogen-bond donors (Lipinski definition) is 0. The molecule has 0 aromatic heterocycles. The fourth-order valence-electron chi connectivity index (χ4n) is 2.78. The van der Waals surface area contributed by atoms with Crippen LogP contribution >= 0.6 is 0 Å². The molecule has 0 bridgehead atoms. The largest absolute Gasteiger partial charge is 0.467 e. The van der Waals surface area contributed by atoms with E-state index in [9.17, 15) is 14.4 Å². The lowest BCUT2D eigenvalue weighted by Gasteiger charge is -2.33. The molecule has 22 heavy (non-hydrogen) atoms. The molecule has 6 nitrogen and oxygen atoms in total. The van der Waals surface area contributed by atoms with E-state index < -0.39 is 17.6 Å². The second kappa shape index (κ2) is 7.06. The zero-order valence-electron chi connectivity index (χ0n) is 12.5. The monoisotopic (exact) mass is 305 g/mol. The van der Waals surface area contributed by atoms with Crippen LogP contribution < -0.4 is 0 Å². The highest BCUT2D eigenvalue weighted by Crippen LogP contribution is 2.33. The van der Waals surface area contributed by atoms with Crippen molar-refractivity contribution in [2.45, 2.75) is 31.4 Å². The van der Waals surface area contributed by atoms with Crippen molar-refractivity contribution in [3.8, 4) is 0 Å². The lowest BCUT2D eigenvalue weighted by molar-refractivity contribution is -0.154. The molecule has 1 heterocycles. The Morgan fingerprint density at radius 3 is 2.68 bits per heavy atom. The van der Waals surface area contributed by atoms with Crippen molar-refractivity contribution in [3.05, 3.63) is 35.9 Å². The molecule has 1 amide bonds. The van der Waals surface area contributed by atoms with E-state index in [1.807, 2.05) is 30.3 Å². The first-order valence-electron chi connectivity index (χ1n) is 7.14. The minimum absolute atomic E-state index is 0.0832. The van der Waals surface area contributed by atoms with E-state index in [1.54, 1.807) is 0 Å². The van der Waals surface area contributed by atoms with Gasteiger partial charge in [0.2, 0.25) is 0 Å². The maximum Gasteiger partial charge on any atom is 0.411 e. The van der Waals surface area contributed by atoms with E-state index in [0.29, 0.717) is 25.7 Å². The normalized spacial score (nSPS) is 20.5. The van der Waals surface area contributed by atoms with Crippen molar-refractivity contribution >= 4 is 18.3 Å². The van der Waals surface area contributed by atoms with Gasteiger partial charge in [0.05, 0.1) is 7.11 Å². The van der Waals surface area contributed by atoms with Gasteiger partial charge in [0.15, 0.2) is 5.54 Å². The Bertz CT molecular complexity index is 545. The van der Waals surface area contributed by atoms with Crippen LogP contribution in [0.4, 0.5) is 4.79 Å². The molecule has 1 aromatic carbocycles. The lowest BCUT2D eigenvalue weighted by Crippen LogP contribution is -2.54. The van der Waals surface area contributed by atoms with Gasteiger partial charge in [-0.15, -0.1) is 0 Å². The van der Waals surface area contributed by atoms with E-state index in [2.05, 4.69) is 0 Å². The topological polar surface area (TPSA) is 72.9 Å². The Morgan fingerprint density at radius 1 is 1.32 bits per heavy atom. The van der Waals surface area contributed by atoms with E-state index in [1.165, 1.54) is 12.0 Å². The molecule has 1 aliphatic rings. The quantitative estimate of drug-likeness (QED) is 0.614. The van der Waals surface area contributed by atoms with E-state index in [4.69, 9.17) is 9.47 Å². The predicted molar refractivity (Wildman–Crippen MR) is 78.0 cm³/mol. The van der Waals surface area contributed by atoms with Gasteiger partial charge in [-0.2, -0.15) is 0 Å². The number of rotatable bonds is 5. The van der Waals surface area contributed by atoms with Gasteiger partial charge in [0.1, 0.15) is 12.9 Å². The van der Waals surface area contributed by atoms with Crippen molar-refractivity contribution < 1.29 is 23.9 Å². The van der Waals surface area contributed by atoms with Gasteiger partial charge < -0.3 is 14.3 Å². The SMILES string of the molecule is COC(=O)C1(CC=O)CCCN1C(=O)OCc1ccccc1. The lowest BCUT2D eigenvalue weighted by atomic mass is 9.93. The third-order valence-corrected chi connectivity index (χ3v) is 3.90. The highest BCUT2D eigenvalue weighted by atomic mass is 16.6. The molecular formula is C16H19NO5. The number of likely N-dealkylation sites (tertiary alicyclic amines) is 1. The summed E-state index contributed by atoms with van der Waals surface area (Å²) in [6.07, 6.45) is 0.982. The zero-order chi connectivity index (χ0) is 16.0. The second-order valence-electron chi connectivity index (χ2n) is 5.19. The van der Waals surface area contributed by atoms with Gasteiger partial charge in [-0.05, 0) is 18.4 Å². The average Bonchev–Trinajstić information content (AvgIpc) is 2.98. The Labute approximate surface area is 129 Å². The number of esters is 1. The van der Waals surface area contributed by atoms with Gasteiger partial charge in [0.25, 0.3) is 0 Å². The van der Waals surface area contributed by atoms with Gasteiger partial charge in [0, 0.05) is 13.0 Å². The molecule has 1 unspecified atom stereocenters. The molecule has 6 heteroatoms. The van der Waals surface area contributed by atoms with Crippen LogP contribution in [0.15, 0.2) is 30.3 Å². The van der Waals surface area contributed by atoms with Crippen molar-refractivity contribution in [3.63, 3.8) is 0 Å². The number of carbonyl (C=O) groups is 3. The molecule has 118 valence electrons. The first-order chi connectivity index (χ1) is 10.6. The fraction of sp³-hybridized carbons (Fsp3) is 0.438. The standard InChI is InChI=1S/C16H19NO5/c1-21-14(19)16(9-11-18)8-5-10-17(16)15(20)22-12-13-6-3-2-4-7-13/h2-4,6-7,11H,5,8-10,12H2,1H3. The second-order valence-corrected chi connectivity index (χ2v) is 5.19. The third kappa shape index (κ3) is 3.10. The minimum atomic E-state index is -1.23. The minimum Gasteiger partial charge on any atom is -0.467 e. The van der Waals surface area contributed by atoms with Gasteiger partial charge >= 0.3 is 12.1 Å². The molecule has 0 radical (unpaired) electrons. The molecule has 1 aromatic rings. The molecule has 0 aliphatic carbocycles. The number of benzene rings is 1. The van der Waals surface area contributed by atoms with E-state index in [0.717, 1.165) is 5.56 Å². The third-order valence-electron chi connectivity index (χ3n) is 3.90. The summed E-state index contributed by atoms with van der Waals surface area (Å²) in [5, 5.41) is 0. The average molecular weight is 305 g/mol. The number of amides is 1. The molecule has 2 rings (SSSR count). The van der Waals surface area contributed by atoms with Crippen LogP contribution in [0, 0.1) is 0 Å². The number of aldehydes is 1. The van der Waals surface area contributed by atoms with Crippen LogP contribution in [0.25, 0.3) is 0 Å². The van der Waals surface area contributed by atoms with Crippen molar-refractivity contribution in [2.75, 3.05) is 13.7 Å². The Balaban J connectivity index is 2.09. The summed E-state index contributed by atoms with van der Waals surface area (Å²) in [6.45, 7) is 0.491. The molecule has 1 atom stereocenters. The molecule has 1 aliphatic heterocycles. The van der Waals surface area contributed by atoms with Crippen LogP contribution in [0.3, 0.4) is 0 Å². The maximum atomic E-state index is 12.3. The zero-order valence-corrected chi connectivity index (χ0v) is 12.5. The smallest absolute Gasteiger partial charge is 0.411 e. The summed E-state index contributed by atoms with van der Waals surface area (Å²) >= 11 is 0. The molecular weight excluding hydrogens is 286 g/mol. The molecule has 0 saturated carbocycles. The van der Waals surface area contributed by atoms with E-state index in [-0.39, 0.29) is 13.0 Å². The summed E-state index contributed by atoms with van der Waals surface area (Å²) in [4.78, 5) is 36.7. The van der Waals surface area contributed by atoms with Crippen molar-refractivity contribution in [1.29, 1.82) is 0 Å². The van der Waals surface area contributed by atoms with Crippen LogP contribution in [0.2, 0.25) is 0 Å². The molecule has 0 N–H and O–H groups in total. The Hall–Kier alpha value is -2.37. The molecule has 1 saturated heterocycles. The summed E-state index contributed by atoms with van der Waals surface area (Å²) in [7, 11) is 1.25. The number of nitrogens with zero attached hydrogens (tertiary/aromatic N) is 1. The number of hydrogen-bond acceptors (Lipinski definition) is 5. The van der Waals surface area contributed by atoms with Crippen LogP contribution in [0.1, 0.15) is 24.8 Å². The molecule has 1 fully saturated rings. The fourth-order valence-corrected chi connectivity index (χ4v) is 2.78. The first kappa shape index (κ1) is 16.0. The van der Waals surface area contributed by atoms with Gasteiger partial charge in [-0.1, -0.05) is 30.3 Å².